The van der Waals surface area contributed by atoms with Crippen LogP contribution in [0.25, 0.3) is 0 Å². The first-order valence-electron chi connectivity index (χ1n) is 7.36. The first-order chi connectivity index (χ1) is 10.1. The van der Waals surface area contributed by atoms with E-state index in [-0.39, 0.29) is 12.5 Å². The quantitative estimate of drug-likeness (QED) is 0.860. The highest BCUT2D eigenvalue weighted by Gasteiger charge is 2.23. The van der Waals surface area contributed by atoms with Crippen LogP contribution in [0.2, 0.25) is 0 Å². The molecule has 0 spiro atoms. The number of morpholine rings is 1. The normalized spacial score (nSPS) is 17.4. The Bertz CT molecular complexity index is 453. The van der Waals surface area contributed by atoms with Gasteiger partial charge in [-0.3, -0.25) is 9.69 Å². The molecule has 1 fully saturated rings. The highest BCUT2D eigenvalue weighted by Crippen LogP contribution is 2.17. The maximum atomic E-state index is 11.1. The third-order valence-corrected chi connectivity index (χ3v) is 3.90. The number of carboxylic acid groups (broad SMARTS) is 1. The minimum absolute atomic E-state index is 0.0385. The first kappa shape index (κ1) is 15.8. The fourth-order valence-electron chi connectivity index (χ4n) is 2.68. The van der Waals surface area contributed by atoms with Crippen LogP contribution in [0.1, 0.15) is 12.0 Å². The summed E-state index contributed by atoms with van der Waals surface area (Å²) in [4.78, 5) is 15.4. The smallest absolute Gasteiger partial charge is 0.304 e. The van der Waals surface area contributed by atoms with Gasteiger partial charge in [0.25, 0.3) is 0 Å². The first-order valence-corrected chi connectivity index (χ1v) is 7.36. The second-order valence-corrected chi connectivity index (χ2v) is 5.67. The zero-order chi connectivity index (χ0) is 15.2. The molecule has 5 heteroatoms. The van der Waals surface area contributed by atoms with E-state index in [2.05, 4.69) is 34.1 Å². The van der Waals surface area contributed by atoms with Crippen LogP contribution >= 0.6 is 0 Å². The van der Waals surface area contributed by atoms with E-state index >= 15 is 0 Å². The van der Waals surface area contributed by atoms with Crippen LogP contribution in [0.5, 0.6) is 0 Å². The van der Waals surface area contributed by atoms with Crippen LogP contribution in [0, 0.1) is 0 Å². The lowest BCUT2D eigenvalue weighted by Gasteiger charge is -2.33. The van der Waals surface area contributed by atoms with Gasteiger partial charge in [0.05, 0.1) is 19.6 Å². The number of rotatable bonds is 6. The lowest BCUT2D eigenvalue weighted by atomic mass is 10.0. The number of carbonyl (C=O) groups is 1. The van der Waals surface area contributed by atoms with Crippen LogP contribution in [-0.4, -0.2) is 62.4 Å². The molecule has 1 aliphatic heterocycles. The molecule has 2 rings (SSSR count). The summed E-state index contributed by atoms with van der Waals surface area (Å²) >= 11 is 0. The Morgan fingerprint density at radius 3 is 2.43 bits per heavy atom. The van der Waals surface area contributed by atoms with E-state index in [0.29, 0.717) is 13.2 Å². The van der Waals surface area contributed by atoms with Gasteiger partial charge in [-0.2, -0.15) is 0 Å². The van der Waals surface area contributed by atoms with Gasteiger partial charge in [0.1, 0.15) is 0 Å². The topological polar surface area (TPSA) is 53.0 Å². The summed E-state index contributed by atoms with van der Waals surface area (Å²) in [6, 6.07) is 8.37. The molecular formula is C16H24N2O3. The Balaban J connectivity index is 2.04. The molecule has 1 unspecified atom stereocenters. The Labute approximate surface area is 126 Å². The number of aliphatic carboxylic acids is 1. The van der Waals surface area contributed by atoms with E-state index in [1.54, 1.807) is 0 Å². The molecular weight excluding hydrogens is 268 g/mol. The maximum Gasteiger partial charge on any atom is 0.304 e. The fraction of sp³-hybridized carbons (Fsp3) is 0.562. The van der Waals surface area contributed by atoms with Gasteiger partial charge in [0.2, 0.25) is 0 Å². The summed E-state index contributed by atoms with van der Waals surface area (Å²) in [6.07, 6.45) is 0.940. The highest BCUT2D eigenvalue weighted by atomic mass is 16.5. The molecule has 1 aliphatic rings. The summed E-state index contributed by atoms with van der Waals surface area (Å²) in [5.41, 5.74) is 2.33. The van der Waals surface area contributed by atoms with E-state index in [1.165, 1.54) is 5.56 Å². The molecule has 1 heterocycles. The highest BCUT2D eigenvalue weighted by molar-refractivity contribution is 5.67. The van der Waals surface area contributed by atoms with Crippen molar-refractivity contribution in [2.75, 3.05) is 45.3 Å². The van der Waals surface area contributed by atoms with Crippen molar-refractivity contribution in [3.05, 3.63) is 29.8 Å². The summed E-state index contributed by atoms with van der Waals surface area (Å²) in [7, 11) is 4.02. The van der Waals surface area contributed by atoms with Crippen LogP contribution in [0.3, 0.4) is 0 Å². The average Bonchev–Trinajstić information content (AvgIpc) is 2.47. The van der Waals surface area contributed by atoms with Gasteiger partial charge in [-0.25, -0.2) is 0 Å². The van der Waals surface area contributed by atoms with Crippen molar-refractivity contribution in [3.63, 3.8) is 0 Å². The van der Waals surface area contributed by atoms with Crippen molar-refractivity contribution in [3.8, 4) is 0 Å². The van der Waals surface area contributed by atoms with Gasteiger partial charge in [0.15, 0.2) is 0 Å². The van der Waals surface area contributed by atoms with E-state index in [0.717, 1.165) is 25.2 Å². The Morgan fingerprint density at radius 2 is 1.90 bits per heavy atom. The fourth-order valence-corrected chi connectivity index (χ4v) is 2.68. The summed E-state index contributed by atoms with van der Waals surface area (Å²) < 4.78 is 5.35. The van der Waals surface area contributed by atoms with Crippen LogP contribution in [0.4, 0.5) is 5.69 Å². The molecule has 0 aromatic heterocycles. The number of nitrogens with zero attached hydrogens (tertiary/aromatic N) is 2. The van der Waals surface area contributed by atoms with Crippen LogP contribution in [0.15, 0.2) is 24.3 Å². The minimum Gasteiger partial charge on any atom is -0.481 e. The van der Waals surface area contributed by atoms with Gasteiger partial charge < -0.3 is 14.7 Å². The van der Waals surface area contributed by atoms with Crippen molar-refractivity contribution in [1.29, 1.82) is 0 Å². The molecule has 0 radical (unpaired) electrons. The number of hydrogen-bond acceptors (Lipinski definition) is 4. The zero-order valence-corrected chi connectivity index (χ0v) is 12.8. The maximum absolute atomic E-state index is 11.1. The number of anilines is 1. The Kier molecular flexibility index (Phi) is 5.59. The molecule has 116 valence electrons. The van der Waals surface area contributed by atoms with Crippen LogP contribution in [-0.2, 0) is 16.0 Å². The van der Waals surface area contributed by atoms with Crippen molar-refractivity contribution in [1.82, 2.24) is 4.90 Å². The number of ether oxygens (including phenoxy) is 1. The average molecular weight is 292 g/mol. The molecule has 1 aromatic carbocycles. The largest absolute Gasteiger partial charge is 0.481 e. The number of carboxylic acids is 1. The molecule has 1 aromatic rings. The standard InChI is InChI=1S/C16H24N2O3/c1-17(2)14-5-3-13(4-6-14)11-15(12-16(19)20)18-7-9-21-10-8-18/h3-6,15H,7-12H2,1-2H3,(H,19,20). The van der Waals surface area contributed by atoms with Crippen molar-refractivity contribution < 1.29 is 14.6 Å². The van der Waals surface area contributed by atoms with Crippen LogP contribution < -0.4 is 4.90 Å². The zero-order valence-electron chi connectivity index (χ0n) is 12.8. The van der Waals surface area contributed by atoms with Gasteiger partial charge in [-0.15, -0.1) is 0 Å². The van der Waals surface area contributed by atoms with Gasteiger partial charge in [0, 0.05) is 38.9 Å². The molecule has 21 heavy (non-hydrogen) atoms. The molecule has 5 nitrogen and oxygen atoms in total. The van der Waals surface area contributed by atoms with E-state index in [4.69, 9.17) is 9.84 Å². The predicted molar refractivity (Wildman–Crippen MR) is 82.9 cm³/mol. The Hall–Kier alpha value is -1.59. The van der Waals surface area contributed by atoms with Gasteiger partial charge in [-0.05, 0) is 24.1 Å². The van der Waals surface area contributed by atoms with E-state index in [1.807, 2.05) is 14.1 Å². The predicted octanol–water partition coefficient (Wildman–Crippen LogP) is 1.47. The molecule has 1 saturated heterocycles. The summed E-state index contributed by atoms with van der Waals surface area (Å²) in [5.74, 6) is -0.739. The van der Waals surface area contributed by atoms with E-state index < -0.39 is 5.97 Å². The minimum atomic E-state index is -0.739. The molecule has 0 aliphatic carbocycles. The van der Waals surface area contributed by atoms with Crippen molar-refractivity contribution in [2.24, 2.45) is 0 Å². The second kappa shape index (κ2) is 7.43. The lowest BCUT2D eigenvalue weighted by Crippen LogP contribution is -2.45. The van der Waals surface area contributed by atoms with Crippen molar-refractivity contribution in [2.45, 2.75) is 18.9 Å². The third-order valence-electron chi connectivity index (χ3n) is 3.90. The lowest BCUT2D eigenvalue weighted by molar-refractivity contribution is -0.138. The third kappa shape index (κ3) is 4.72. The molecule has 1 N–H and O–H groups in total. The second-order valence-electron chi connectivity index (χ2n) is 5.67. The van der Waals surface area contributed by atoms with Gasteiger partial charge >= 0.3 is 5.97 Å². The SMILES string of the molecule is CN(C)c1ccc(CC(CC(=O)O)N2CCOCC2)cc1. The molecule has 0 bridgehead atoms. The van der Waals surface area contributed by atoms with E-state index in [9.17, 15) is 4.79 Å². The molecule has 0 saturated carbocycles. The summed E-state index contributed by atoms with van der Waals surface area (Å²) in [6.45, 7) is 3.01. The summed E-state index contributed by atoms with van der Waals surface area (Å²) in [5, 5.41) is 9.14. The number of hydrogen-bond donors (Lipinski definition) is 1. The van der Waals surface area contributed by atoms with Crippen molar-refractivity contribution >= 4 is 11.7 Å². The monoisotopic (exact) mass is 292 g/mol. The number of benzene rings is 1. The van der Waals surface area contributed by atoms with Gasteiger partial charge in [-0.1, -0.05) is 12.1 Å². The molecule has 1 atom stereocenters. The molecule has 0 amide bonds. The Morgan fingerprint density at radius 1 is 1.29 bits per heavy atom.